The molecule has 0 saturated carbocycles. The fraction of sp³-hybridized carbons (Fsp3) is 1.00. The lowest BCUT2D eigenvalue weighted by Gasteiger charge is -2.16. The Balaban J connectivity index is 0.00000121. The molecule has 74 valence electrons. The van der Waals surface area contributed by atoms with Gasteiger partial charge in [-0.25, -0.2) is 0 Å². The van der Waals surface area contributed by atoms with E-state index in [1.807, 2.05) is 0 Å². The Kier molecular flexibility index (Phi) is 4.89. The van der Waals surface area contributed by atoms with Gasteiger partial charge < -0.3 is 10.1 Å². The molecular weight excluding hydrogens is 195 g/mol. The van der Waals surface area contributed by atoms with E-state index in [1.165, 1.54) is 0 Å². The van der Waals surface area contributed by atoms with Crippen molar-refractivity contribution in [3.8, 4) is 0 Å². The number of ether oxygens (including phenoxy) is 1. The Hall–Kier alpha value is -0.0000000000000000416. The maximum Gasteiger partial charge on any atom is 0.395 e. The van der Waals surface area contributed by atoms with Crippen molar-refractivity contribution in [2.75, 3.05) is 26.3 Å². The molecule has 1 N–H and O–H groups in total. The molecule has 0 aromatic rings. The van der Waals surface area contributed by atoms with Crippen LogP contribution in [0.3, 0.4) is 0 Å². The van der Waals surface area contributed by atoms with Gasteiger partial charge in [0.2, 0.25) is 0 Å². The first-order valence-corrected chi connectivity index (χ1v) is 3.46. The fourth-order valence-corrected chi connectivity index (χ4v) is 0.915. The highest BCUT2D eigenvalue weighted by molar-refractivity contribution is 5.85. The van der Waals surface area contributed by atoms with Gasteiger partial charge in [-0.15, -0.1) is 12.4 Å². The second-order valence-electron chi connectivity index (χ2n) is 2.52. The standard InChI is InChI=1S/C6H10F3NO.ClH/c7-6(8,9)5-3-10-1-2-11-4-5;/h5,10H,1-4H2;1H. The molecule has 1 aliphatic rings. The summed E-state index contributed by atoms with van der Waals surface area (Å²) in [6.07, 6.45) is -4.13. The van der Waals surface area contributed by atoms with Crippen LogP contribution in [0, 0.1) is 5.92 Å². The van der Waals surface area contributed by atoms with Gasteiger partial charge in [-0.05, 0) is 0 Å². The summed E-state index contributed by atoms with van der Waals surface area (Å²) < 4.78 is 40.8. The molecule has 0 amide bonds. The highest BCUT2D eigenvalue weighted by Crippen LogP contribution is 2.26. The summed E-state index contributed by atoms with van der Waals surface area (Å²) in [7, 11) is 0. The average molecular weight is 206 g/mol. The Morgan fingerprint density at radius 3 is 2.58 bits per heavy atom. The van der Waals surface area contributed by atoms with E-state index < -0.39 is 12.1 Å². The van der Waals surface area contributed by atoms with Crippen molar-refractivity contribution in [3.05, 3.63) is 0 Å². The molecule has 6 heteroatoms. The lowest BCUT2D eigenvalue weighted by molar-refractivity contribution is -0.183. The predicted octanol–water partition coefficient (Wildman–Crippen LogP) is 1.21. The molecular formula is C6H11ClF3NO. The Morgan fingerprint density at radius 2 is 2.00 bits per heavy atom. The van der Waals surface area contributed by atoms with Crippen molar-refractivity contribution in [1.82, 2.24) is 5.32 Å². The summed E-state index contributed by atoms with van der Waals surface area (Å²) in [6, 6.07) is 0. The van der Waals surface area contributed by atoms with Gasteiger partial charge in [0.05, 0.1) is 19.1 Å². The zero-order chi connectivity index (χ0) is 8.32. The van der Waals surface area contributed by atoms with Crippen molar-refractivity contribution >= 4 is 12.4 Å². The molecule has 1 saturated heterocycles. The van der Waals surface area contributed by atoms with Crippen LogP contribution in [0.5, 0.6) is 0 Å². The van der Waals surface area contributed by atoms with Crippen molar-refractivity contribution in [2.24, 2.45) is 5.92 Å². The monoisotopic (exact) mass is 205 g/mol. The zero-order valence-corrected chi connectivity index (χ0v) is 7.17. The quantitative estimate of drug-likeness (QED) is 0.642. The fourth-order valence-electron chi connectivity index (χ4n) is 0.915. The van der Waals surface area contributed by atoms with Crippen LogP contribution in [0.1, 0.15) is 0 Å². The number of nitrogens with one attached hydrogen (secondary N) is 1. The molecule has 1 fully saturated rings. The Morgan fingerprint density at radius 1 is 1.33 bits per heavy atom. The predicted molar refractivity (Wildman–Crippen MR) is 40.5 cm³/mol. The number of alkyl halides is 3. The van der Waals surface area contributed by atoms with Crippen molar-refractivity contribution in [2.45, 2.75) is 6.18 Å². The SMILES string of the molecule is Cl.FC(F)(F)C1CNCCOC1. The first kappa shape index (κ1) is 12.0. The summed E-state index contributed by atoms with van der Waals surface area (Å²) in [5.74, 6) is -1.34. The van der Waals surface area contributed by atoms with Gasteiger partial charge in [-0.3, -0.25) is 0 Å². The molecule has 0 radical (unpaired) electrons. The van der Waals surface area contributed by atoms with E-state index in [2.05, 4.69) is 5.32 Å². The molecule has 1 aliphatic heterocycles. The largest absolute Gasteiger partial charge is 0.395 e. The summed E-state index contributed by atoms with van der Waals surface area (Å²) in [6.45, 7) is 0.638. The van der Waals surface area contributed by atoms with Gasteiger partial charge in [0.15, 0.2) is 0 Å². The van der Waals surface area contributed by atoms with Gasteiger partial charge >= 0.3 is 6.18 Å². The second kappa shape index (κ2) is 4.89. The average Bonchev–Trinajstić information content (AvgIpc) is 2.10. The van der Waals surface area contributed by atoms with Crippen LogP contribution in [-0.4, -0.2) is 32.5 Å². The summed E-state index contributed by atoms with van der Waals surface area (Å²) >= 11 is 0. The molecule has 1 unspecified atom stereocenters. The number of halogens is 4. The van der Waals surface area contributed by atoms with Crippen LogP contribution in [-0.2, 0) is 4.74 Å². The number of hydrogen-bond donors (Lipinski definition) is 1. The van der Waals surface area contributed by atoms with Crippen molar-refractivity contribution in [3.63, 3.8) is 0 Å². The van der Waals surface area contributed by atoms with E-state index >= 15 is 0 Å². The van der Waals surface area contributed by atoms with Crippen molar-refractivity contribution in [1.29, 1.82) is 0 Å². The third-order valence-corrected chi connectivity index (χ3v) is 1.60. The molecule has 2 nitrogen and oxygen atoms in total. The molecule has 0 aromatic heterocycles. The molecule has 1 atom stereocenters. The summed E-state index contributed by atoms with van der Waals surface area (Å²) in [5.41, 5.74) is 0. The van der Waals surface area contributed by atoms with Gasteiger partial charge in [-0.2, -0.15) is 13.2 Å². The first-order valence-electron chi connectivity index (χ1n) is 3.46. The van der Waals surface area contributed by atoms with Crippen LogP contribution < -0.4 is 5.32 Å². The van der Waals surface area contributed by atoms with Gasteiger partial charge in [0, 0.05) is 13.1 Å². The van der Waals surface area contributed by atoms with E-state index in [4.69, 9.17) is 4.74 Å². The third-order valence-electron chi connectivity index (χ3n) is 1.60. The highest BCUT2D eigenvalue weighted by atomic mass is 35.5. The minimum absolute atomic E-state index is 0. The van der Waals surface area contributed by atoms with E-state index in [0.717, 1.165) is 0 Å². The number of rotatable bonds is 0. The lowest BCUT2D eigenvalue weighted by atomic mass is 10.1. The molecule has 12 heavy (non-hydrogen) atoms. The topological polar surface area (TPSA) is 21.3 Å². The van der Waals surface area contributed by atoms with E-state index in [0.29, 0.717) is 13.2 Å². The van der Waals surface area contributed by atoms with Crippen LogP contribution in [0.25, 0.3) is 0 Å². The van der Waals surface area contributed by atoms with E-state index in [9.17, 15) is 13.2 Å². The van der Waals surface area contributed by atoms with Crippen LogP contribution in [0.2, 0.25) is 0 Å². The highest BCUT2D eigenvalue weighted by Gasteiger charge is 2.39. The Labute approximate surface area is 74.9 Å². The Bertz CT molecular complexity index is 122. The molecule has 0 aromatic carbocycles. The zero-order valence-electron chi connectivity index (χ0n) is 6.36. The minimum atomic E-state index is -4.13. The number of hydrogen-bond acceptors (Lipinski definition) is 2. The maximum absolute atomic E-state index is 12.0. The molecule has 1 rings (SSSR count). The van der Waals surface area contributed by atoms with Gasteiger partial charge in [0.25, 0.3) is 0 Å². The van der Waals surface area contributed by atoms with Gasteiger partial charge in [0.1, 0.15) is 0 Å². The summed E-state index contributed by atoms with van der Waals surface area (Å²) in [4.78, 5) is 0. The first-order chi connectivity index (χ1) is 5.11. The molecule has 0 bridgehead atoms. The van der Waals surface area contributed by atoms with Crippen molar-refractivity contribution < 1.29 is 17.9 Å². The third kappa shape index (κ3) is 3.60. The molecule has 0 aliphatic carbocycles. The van der Waals surface area contributed by atoms with Crippen LogP contribution in [0.15, 0.2) is 0 Å². The maximum atomic E-state index is 12.0. The van der Waals surface area contributed by atoms with E-state index in [1.54, 1.807) is 0 Å². The van der Waals surface area contributed by atoms with Gasteiger partial charge in [-0.1, -0.05) is 0 Å². The lowest BCUT2D eigenvalue weighted by Crippen LogP contribution is -2.34. The van der Waals surface area contributed by atoms with Crippen LogP contribution >= 0.6 is 12.4 Å². The van der Waals surface area contributed by atoms with E-state index in [-0.39, 0.29) is 25.6 Å². The molecule has 0 spiro atoms. The van der Waals surface area contributed by atoms with Crippen LogP contribution in [0.4, 0.5) is 13.2 Å². The molecule has 1 heterocycles. The minimum Gasteiger partial charge on any atom is -0.379 e. The summed E-state index contributed by atoms with van der Waals surface area (Å²) in [5, 5.41) is 2.66. The second-order valence-corrected chi connectivity index (χ2v) is 2.52. The smallest absolute Gasteiger partial charge is 0.379 e. The normalized spacial score (nSPS) is 25.8.